The molecule has 0 spiro atoms. The zero-order chi connectivity index (χ0) is 11.0. The lowest BCUT2D eigenvalue weighted by Crippen LogP contribution is -1.98. The first kappa shape index (κ1) is 10.1. The molecule has 1 aromatic heterocycles. The smallest absolute Gasteiger partial charge is 0.0487 e. The summed E-state index contributed by atoms with van der Waals surface area (Å²) in [6, 6.07) is 6.43. The average Bonchev–Trinajstić information content (AvgIpc) is 2.55. The largest absolute Gasteiger partial charge is 0.399 e. The van der Waals surface area contributed by atoms with Crippen LogP contribution in [0.1, 0.15) is 25.5 Å². The number of fused-ring (bicyclic) bond motifs is 1. The summed E-state index contributed by atoms with van der Waals surface area (Å²) in [6.45, 7) is 4.88. The second kappa shape index (κ2) is 3.59. The molecule has 0 atom stereocenters. The van der Waals surface area contributed by atoms with Gasteiger partial charge in [-0.3, -0.25) is 0 Å². The maximum Gasteiger partial charge on any atom is 0.0487 e. The molecule has 0 aliphatic heterocycles. The number of nitrogens with two attached hydrogens (primary N) is 2. The van der Waals surface area contributed by atoms with Crippen LogP contribution in [-0.4, -0.2) is 4.57 Å². The van der Waals surface area contributed by atoms with Crippen molar-refractivity contribution >= 4 is 16.6 Å². The van der Waals surface area contributed by atoms with Gasteiger partial charge in [0.1, 0.15) is 0 Å². The topological polar surface area (TPSA) is 57.0 Å². The summed E-state index contributed by atoms with van der Waals surface area (Å²) in [5.74, 6) is 0. The van der Waals surface area contributed by atoms with Crippen LogP contribution in [0.25, 0.3) is 10.9 Å². The molecule has 1 aromatic carbocycles. The lowest BCUT2D eigenvalue weighted by molar-refractivity contribution is 0.621. The van der Waals surface area contributed by atoms with Crippen molar-refractivity contribution in [3.8, 4) is 0 Å². The molecule has 0 aliphatic carbocycles. The third-order valence-electron chi connectivity index (χ3n) is 2.72. The molecule has 2 aromatic rings. The fourth-order valence-corrected chi connectivity index (χ4v) is 1.93. The summed E-state index contributed by atoms with van der Waals surface area (Å²) in [5, 5.41) is 1.17. The maximum absolute atomic E-state index is 5.78. The van der Waals surface area contributed by atoms with Crippen molar-refractivity contribution in [2.24, 2.45) is 5.73 Å². The van der Waals surface area contributed by atoms with Gasteiger partial charge in [0.25, 0.3) is 0 Å². The van der Waals surface area contributed by atoms with Crippen LogP contribution in [-0.2, 0) is 6.54 Å². The number of anilines is 1. The molecule has 0 radical (unpaired) electrons. The highest BCUT2D eigenvalue weighted by atomic mass is 15.0. The number of hydrogen-bond acceptors (Lipinski definition) is 2. The minimum absolute atomic E-state index is 0.441. The van der Waals surface area contributed by atoms with Gasteiger partial charge in [-0.05, 0) is 37.6 Å². The van der Waals surface area contributed by atoms with E-state index in [0.717, 1.165) is 11.3 Å². The number of hydrogen-bond donors (Lipinski definition) is 2. The SMILES string of the molecule is CC(C)n1cc(CN)c2cc(N)ccc21. The molecule has 15 heavy (non-hydrogen) atoms. The van der Waals surface area contributed by atoms with Crippen molar-refractivity contribution < 1.29 is 0 Å². The molecule has 80 valence electrons. The van der Waals surface area contributed by atoms with E-state index >= 15 is 0 Å². The van der Waals surface area contributed by atoms with Gasteiger partial charge in [-0.25, -0.2) is 0 Å². The fraction of sp³-hybridized carbons (Fsp3) is 0.333. The Kier molecular flexibility index (Phi) is 2.40. The molecule has 0 unspecified atom stereocenters. The Hall–Kier alpha value is -1.48. The fourth-order valence-electron chi connectivity index (χ4n) is 1.93. The first-order valence-corrected chi connectivity index (χ1v) is 5.22. The van der Waals surface area contributed by atoms with E-state index in [0.29, 0.717) is 12.6 Å². The van der Waals surface area contributed by atoms with Crippen LogP contribution in [0.5, 0.6) is 0 Å². The minimum Gasteiger partial charge on any atom is -0.399 e. The molecule has 0 amide bonds. The normalized spacial score (nSPS) is 11.5. The summed E-state index contributed by atoms with van der Waals surface area (Å²) < 4.78 is 2.23. The number of nitrogens with zero attached hydrogens (tertiary/aromatic N) is 1. The minimum atomic E-state index is 0.441. The van der Waals surface area contributed by atoms with Crippen LogP contribution < -0.4 is 11.5 Å². The molecule has 2 rings (SSSR count). The van der Waals surface area contributed by atoms with Crippen LogP contribution in [0.3, 0.4) is 0 Å². The Balaban J connectivity index is 2.75. The van der Waals surface area contributed by atoms with Crippen LogP contribution in [0.4, 0.5) is 5.69 Å². The van der Waals surface area contributed by atoms with Crippen LogP contribution in [0.2, 0.25) is 0 Å². The molecule has 4 N–H and O–H groups in total. The van der Waals surface area contributed by atoms with E-state index in [4.69, 9.17) is 11.5 Å². The molecule has 0 bridgehead atoms. The molecule has 0 saturated carbocycles. The third kappa shape index (κ3) is 1.59. The van der Waals surface area contributed by atoms with E-state index in [-0.39, 0.29) is 0 Å². The number of benzene rings is 1. The zero-order valence-electron chi connectivity index (χ0n) is 9.20. The van der Waals surface area contributed by atoms with Gasteiger partial charge in [0.2, 0.25) is 0 Å². The molecule has 3 nitrogen and oxygen atoms in total. The predicted octanol–water partition coefficient (Wildman–Crippen LogP) is 2.26. The Morgan fingerprint density at radius 2 is 2.07 bits per heavy atom. The molecular formula is C12H17N3. The van der Waals surface area contributed by atoms with Gasteiger partial charge >= 0.3 is 0 Å². The Labute approximate surface area is 89.7 Å². The Bertz CT molecular complexity index is 483. The molecule has 0 aliphatic rings. The average molecular weight is 203 g/mol. The van der Waals surface area contributed by atoms with Gasteiger partial charge in [-0.15, -0.1) is 0 Å². The van der Waals surface area contributed by atoms with Gasteiger partial charge in [-0.1, -0.05) is 0 Å². The molecule has 3 heteroatoms. The highest BCUT2D eigenvalue weighted by molar-refractivity contribution is 5.86. The summed E-state index contributed by atoms with van der Waals surface area (Å²) >= 11 is 0. The third-order valence-corrected chi connectivity index (χ3v) is 2.72. The van der Waals surface area contributed by atoms with Gasteiger partial charge < -0.3 is 16.0 Å². The van der Waals surface area contributed by atoms with E-state index in [9.17, 15) is 0 Å². The second-order valence-electron chi connectivity index (χ2n) is 4.14. The predicted molar refractivity (Wildman–Crippen MR) is 64.6 cm³/mol. The van der Waals surface area contributed by atoms with Crippen molar-refractivity contribution in [3.05, 3.63) is 30.0 Å². The monoisotopic (exact) mass is 203 g/mol. The van der Waals surface area contributed by atoms with Crippen molar-refractivity contribution in [2.75, 3.05) is 5.73 Å². The first-order chi connectivity index (χ1) is 7.13. The Morgan fingerprint density at radius 3 is 2.67 bits per heavy atom. The summed E-state index contributed by atoms with van der Waals surface area (Å²) in [7, 11) is 0. The number of nitrogen functional groups attached to an aromatic ring is 1. The van der Waals surface area contributed by atoms with Crippen LogP contribution in [0, 0.1) is 0 Å². The van der Waals surface area contributed by atoms with Crippen molar-refractivity contribution in [3.63, 3.8) is 0 Å². The highest BCUT2D eigenvalue weighted by Crippen LogP contribution is 2.26. The van der Waals surface area contributed by atoms with Gasteiger partial charge in [0, 0.05) is 35.4 Å². The van der Waals surface area contributed by atoms with Crippen molar-refractivity contribution in [1.82, 2.24) is 4.57 Å². The van der Waals surface area contributed by atoms with E-state index in [1.165, 1.54) is 10.9 Å². The van der Waals surface area contributed by atoms with E-state index < -0.39 is 0 Å². The zero-order valence-corrected chi connectivity index (χ0v) is 9.20. The Morgan fingerprint density at radius 1 is 1.33 bits per heavy atom. The lowest BCUT2D eigenvalue weighted by Gasteiger charge is -2.08. The molecule has 0 fully saturated rings. The van der Waals surface area contributed by atoms with Crippen LogP contribution >= 0.6 is 0 Å². The quantitative estimate of drug-likeness (QED) is 0.735. The van der Waals surface area contributed by atoms with Gasteiger partial charge in [0.05, 0.1) is 0 Å². The van der Waals surface area contributed by atoms with Crippen molar-refractivity contribution in [2.45, 2.75) is 26.4 Å². The summed E-state index contributed by atoms with van der Waals surface area (Å²) in [4.78, 5) is 0. The summed E-state index contributed by atoms with van der Waals surface area (Å²) in [5.41, 5.74) is 14.7. The molecular weight excluding hydrogens is 186 g/mol. The van der Waals surface area contributed by atoms with Crippen molar-refractivity contribution in [1.29, 1.82) is 0 Å². The lowest BCUT2D eigenvalue weighted by atomic mass is 10.1. The number of rotatable bonds is 2. The standard InChI is InChI=1S/C12H17N3/c1-8(2)15-7-9(6-13)11-5-10(14)3-4-12(11)15/h3-5,7-8H,6,13-14H2,1-2H3. The van der Waals surface area contributed by atoms with E-state index in [1.807, 2.05) is 12.1 Å². The summed E-state index contributed by atoms with van der Waals surface area (Å²) in [6.07, 6.45) is 2.12. The maximum atomic E-state index is 5.78. The first-order valence-electron chi connectivity index (χ1n) is 5.22. The molecule has 0 saturated heterocycles. The van der Waals surface area contributed by atoms with Crippen LogP contribution in [0.15, 0.2) is 24.4 Å². The highest BCUT2D eigenvalue weighted by Gasteiger charge is 2.09. The van der Waals surface area contributed by atoms with Gasteiger partial charge in [-0.2, -0.15) is 0 Å². The molecule has 1 heterocycles. The van der Waals surface area contributed by atoms with Gasteiger partial charge in [0.15, 0.2) is 0 Å². The van der Waals surface area contributed by atoms with E-state index in [1.54, 1.807) is 0 Å². The van der Waals surface area contributed by atoms with E-state index in [2.05, 4.69) is 30.7 Å². The second-order valence-corrected chi connectivity index (χ2v) is 4.14. The number of aromatic nitrogens is 1.